The number of fused-ring (bicyclic) bond motifs is 1. The van der Waals surface area contributed by atoms with Gasteiger partial charge in [-0.05, 0) is 0 Å². The maximum atomic E-state index is 11.7. The summed E-state index contributed by atoms with van der Waals surface area (Å²) >= 11 is -2.73. The molecule has 2 aromatic rings. The van der Waals surface area contributed by atoms with E-state index in [0.717, 1.165) is 35.1 Å². The third-order valence-corrected chi connectivity index (χ3v) is 12.4. The Morgan fingerprint density at radius 1 is 0.595 bits per heavy atom. The number of hydrogen-bond donors (Lipinski definition) is 4. The van der Waals surface area contributed by atoms with Gasteiger partial charge in [0, 0.05) is 0 Å². The Morgan fingerprint density at radius 2 is 0.929 bits per heavy atom. The fourth-order valence-corrected chi connectivity index (χ4v) is 10.4. The number of phenolic OH excluding ortho intramolecular Hbond substituents is 2. The molecule has 0 spiro atoms. The van der Waals surface area contributed by atoms with Crippen LogP contribution in [0.1, 0.15) is 142 Å². The summed E-state index contributed by atoms with van der Waals surface area (Å²) in [6.45, 7) is 26.4. The molecule has 0 aromatic heterocycles. The van der Waals surface area contributed by atoms with Crippen LogP contribution < -0.4 is 8.67 Å². The van der Waals surface area contributed by atoms with Crippen molar-refractivity contribution in [2.75, 3.05) is 0 Å². The molecule has 2 aromatic carbocycles. The van der Waals surface area contributed by atoms with Gasteiger partial charge in [-0.15, -0.1) is 12.4 Å². The fraction of sp³-hybridized carbons (Fsp3) is 0.611. The first-order valence-corrected chi connectivity index (χ1v) is 17.9. The van der Waals surface area contributed by atoms with Crippen molar-refractivity contribution in [1.29, 1.82) is 0 Å². The van der Waals surface area contributed by atoms with Crippen LogP contribution in [0, 0.1) is 0 Å². The van der Waals surface area contributed by atoms with Gasteiger partial charge in [-0.1, -0.05) is 0 Å². The van der Waals surface area contributed by atoms with Crippen LogP contribution >= 0.6 is 12.4 Å². The molecular formula is C36H57ClMnN2O2. The molecule has 4 rings (SSSR count). The third kappa shape index (κ3) is 7.41. The van der Waals surface area contributed by atoms with Crippen molar-refractivity contribution in [3.8, 4) is 11.5 Å². The number of hydrogen-bond acceptors (Lipinski definition) is 4. The van der Waals surface area contributed by atoms with Crippen LogP contribution in [0.5, 0.6) is 11.5 Å². The summed E-state index contributed by atoms with van der Waals surface area (Å²) in [5.41, 5.74) is 5.65. The monoisotopic (exact) mass is 639 g/mol. The Bertz CT molecular complexity index is 1330. The molecule has 6 heteroatoms. The molecule has 0 bridgehead atoms. The molecule has 1 aliphatic heterocycles. The molecule has 0 amide bonds. The van der Waals surface area contributed by atoms with Crippen molar-refractivity contribution < 1.29 is 22.6 Å². The quantitative estimate of drug-likeness (QED) is 0.250. The minimum atomic E-state index is -2.73. The van der Waals surface area contributed by atoms with Gasteiger partial charge in [0.25, 0.3) is 0 Å². The minimum Gasteiger partial charge on any atom is -0.147 e. The summed E-state index contributed by atoms with van der Waals surface area (Å²) in [4.78, 5) is 4.62. The zero-order chi connectivity index (χ0) is 30.8. The van der Waals surface area contributed by atoms with Crippen LogP contribution in [-0.4, -0.2) is 32.1 Å². The van der Waals surface area contributed by atoms with E-state index in [9.17, 15) is 10.2 Å². The molecule has 1 saturated carbocycles. The number of nitrogens with one attached hydrogen (secondary N) is 2. The third-order valence-electron chi connectivity index (χ3n) is 8.61. The Kier molecular flexibility index (Phi) is 9.82. The van der Waals surface area contributed by atoms with Crippen molar-refractivity contribution in [3.05, 3.63) is 57.6 Å². The van der Waals surface area contributed by atoms with E-state index in [-0.39, 0.29) is 34.1 Å². The molecule has 4 N–H and O–H groups in total. The molecular weight excluding hydrogens is 583 g/mol. The first-order chi connectivity index (χ1) is 18.6. The van der Waals surface area contributed by atoms with Crippen LogP contribution in [-0.2, 0) is 34.1 Å². The first kappa shape index (κ1) is 35.0. The van der Waals surface area contributed by atoms with Gasteiger partial charge >= 0.3 is 253 Å². The normalized spacial score (nSPS) is 21.0. The summed E-state index contributed by atoms with van der Waals surface area (Å²) in [5, 5.41) is 23.5. The molecule has 0 radical (unpaired) electrons. The molecule has 2 aliphatic rings. The van der Waals surface area contributed by atoms with E-state index in [1.165, 1.54) is 24.0 Å². The molecule has 2 fully saturated rings. The maximum Gasteiger partial charge on any atom is -0.147 e. The molecule has 42 heavy (non-hydrogen) atoms. The SMILES string of the molecule is CC(C)(C)c1cc([CH]=[Mn]2(=[CH]c3cc(C(C)(C)C)cc(C(C)(C)C)c3O)[NH]C3CCCCC3[NH]2)c(O)c(C(C)(C)C)c1.Cl. The number of benzene rings is 2. The number of halogens is 1. The van der Waals surface area contributed by atoms with Gasteiger partial charge in [0.05, 0.1) is 0 Å². The minimum absolute atomic E-state index is 0. The van der Waals surface area contributed by atoms with Crippen LogP contribution in [0.4, 0.5) is 0 Å². The molecule has 1 aliphatic carbocycles. The molecule has 1 heterocycles. The van der Waals surface area contributed by atoms with Gasteiger partial charge < -0.3 is 0 Å². The first-order valence-electron chi connectivity index (χ1n) is 15.4. The van der Waals surface area contributed by atoms with Crippen LogP contribution in [0.2, 0.25) is 0 Å². The van der Waals surface area contributed by atoms with Gasteiger partial charge in [-0.3, -0.25) is 0 Å². The van der Waals surface area contributed by atoms with E-state index < -0.39 is 12.4 Å². The Balaban J connectivity index is 0.00000484. The van der Waals surface area contributed by atoms with E-state index in [0.29, 0.717) is 23.6 Å². The second kappa shape index (κ2) is 11.8. The van der Waals surface area contributed by atoms with Crippen molar-refractivity contribution in [2.24, 2.45) is 0 Å². The average molecular weight is 640 g/mol. The average Bonchev–Trinajstić information content (AvgIpc) is 3.16. The van der Waals surface area contributed by atoms with Crippen molar-refractivity contribution >= 4 is 22.2 Å². The molecule has 1 saturated heterocycles. The Labute approximate surface area is 264 Å². The second-order valence-corrected chi connectivity index (χ2v) is 19.9. The van der Waals surface area contributed by atoms with E-state index in [4.69, 9.17) is 0 Å². The summed E-state index contributed by atoms with van der Waals surface area (Å²) in [6.07, 6.45) is 4.77. The molecule has 4 nitrogen and oxygen atoms in total. The van der Waals surface area contributed by atoms with E-state index in [1.54, 1.807) is 0 Å². The topological polar surface area (TPSA) is 64.5 Å². The summed E-state index contributed by atoms with van der Waals surface area (Å²) in [7, 11) is 0. The predicted octanol–water partition coefficient (Wildman–Crippen LogP) is 8.20. The van der Waals surface area contributed by atoms with Gasteiger partial charge in [-0.25, -0.2) is 0 Å². The fourth-order valence-electron chi connectivity index (χ4n) is 5.91. The second-order valence-electron chi connectivity index (χ2n) is 16.5. The summed E-state index contributed by atoms with van der Waals surface area (Å²) < 4.78 is 8.17. The van der Waals surface area contributed by atoms with Crippen LogP contribution in [0.25, 0.3) is 0 Å². The van der Waals surface area contributed by atoms with Crippen LogP contribution in [0.15, 0.2) is 24.3 Å². The molecule has 2 atom stereocenters. The van der Waals surface area contributed by atoms with Gasteiger partial charge in [-0.2, -0.15) is 0 Å². The maximum absolute atomic E-state index is 11.7. The Hall–Kier alpha value is -1.49. The molecule has 2 unspecified atom stereocenters. The van der Waals surface area contributed by atoms with Crippen molar-refractivity contribution in [2.45, 2.75) is 143 Å². The van der Waals surface area contributed by atoms with E-state index in [2.05, 4.69) is 126 Å². The van der Waals surface area contributed by atoms with Gasteiger partial charge in [0.2, 0.25) is 0 Å². The standard InChI is InChI=1S/2C15H22O.C6H12N2.ClH.Mn/c2*1-10-8-11(14(2,3)4)9-12(13(10)16)15(5,6)7;7-5-3-1-2-4-6(5)8;;/h2*1,8-9,16H,2-7H3;5-8H,1-4H2;1H;/q;;-2;;+2. The van der Waals surface area contributed by atoms with Crippen molar-refractivity contribution in [3.63, 3.8) is 0 Å². The van der Waals surface area contributed by atoms with Crippen molar-refractivity contribution in [1.82, 2.24) is 8.67 Å². The predicted molar refractivity (Wildman–Crippen MR) is 181 cm³/mol. The summed E-state index contributed by atoms with van der Waals surface area (Å²) in [6, 6.07) is 9.54. The zero-order valence-electron chi connectivity index (χ0n) is 28.1. The van der Waals surface area contributed by atoms with Gasteiger partial charge in [0.1, 0.15) is 0 Å². The largest absolute Gasteiger partial charge is 0.147 e. The van der Waals surface area contributed by atoms with Gasteiger partial charge in [0.15, 0.2) is 0 Å². The van der Waals surface area contributed by atoms with E-state index >= 15 is 0 Å². The number of aromatic hydroxyl groups is 2. The zero-order valence-corrected chi connectivity index (χ0v) is 30.1. The number of rotatable bonds is 2. The Morgan fingerprint density at radius 3 is 1.21 bits per heavy atom. The van der Waals surface area contributed by atoms with E-state index in [1.807, 2.05) is 0 Å². The summed E-state index contributed by atoms with van der Waals surface area (Å²) in [5.74, 6) is 0.737. The van der Waals surface area contributed by atoms with Crippen LogP contribution in [0.3, 0.4) is 0 Å². The smallest absolute Gasteiger partial charge is 0.147 e. The molecule has 237 valence electrons. The number of phenols is 2.